The molecule has 1 N–H and O–H groups in total. The van der Waals surface area contributed by atoms with Gasteiger partial charge in [-0.3, -0.25) is 4.98 Å². The van der Waals surface area contributed by atoms with Crippen molar-refractivity contribution in [1.29, 1.82) is 0 Å². The molecule has 0 aliphatic carbocycles. The minimum atomic E-state index is 0.585. The monoisotopic (exact) mass is 314 g/mol. The molecule has 3 nitrogen and oxygen atoms in total. The Bertz CT molecular complexity index is 1020. The Morgan fingerprint density at radius 1 is 1.00 bits per heavy atom. The van der Waals surface area contributed by atoms with Crippen LogP contribution in [0.25, 0.3) is 33.8 Å². The summed E-state index contributed by atoms with van der Waals surface area (Å²) < 4.78 is 5.23. The molecular formula is C21H18N2O. The van der Waals surface area contributed by atoms with Crippen LogP contribution in [0.15, 0.2) is 60.8 Å². The van der Waals surface area contributed by atoms with E-state index in [4.69, 9.17) is 4.74 Å². The predicted octanol–water partition coefficient (Wildman–Crippen LogP) is 5.03. The fourth-order valence-corrected chi connectivity index (χ4v) is 2.96. The molecule has 2 aromatic carbocycles. The van der Waals surface area contributed by atoms with Crippen LogP contribution in [0.3, 0.4) is 0 Å². The van der Waals surface area contributed by atoms with Crippen molar-refractivity contribution in [2.75, 3.05) is 7.11 Å². The minimum Gasteiger partial charge on any atom is -0.378 e. The Hall–Kier alpha value is -2.91. The zero-order valence-electron chi connectivity index (χ0n) is 13.5. The maximum Gasteiger partial charge on any atom is 0.0862 e. The number of ether oxygens (including phenoxy) is 1. The summed E-state index contributed by atoms with van der Waals surface area (Å²) >= 11 is 0. The van der Waals surface area contributed by atoms with E-state index in [0.717, 1.165) is 22.3 Å². The lowest BCUT2D eigenvalue weighted by Gasteiger charge is -2.01. The zero-order chi connectivity index (χ0) is 16.4. The number of aromatic nitrogens is 2. The Labute approximate surface area is 140 Å². The molecule has 0 saturated heterocycles. The number of aromatic amines is 1. The van der Waals surface area contributed by atoms with Crippen LogP contribution in [-0.4, -0.2) is 17.1 Å². The topological polar surface area (TPSA) is 37.9 Å². The lowest BCUT2D eigenvalue weighted by atomic mass is 10.1. The Balaban J connectivity index is 1.78. The van der Waals surface area contributed by atoms with E-state index >= 15 is 0 Å². The lowest BCUT2D eigenvalue weighted by molar-refractivity contribution is 0.182. The molecule has 0 aliphatic rings. The molecule has 0 radical (unpaired) electrons. The van der Waals surface area contributed by atoms with Crippen LogP contribution in [0.1, 0.15) is 17.0 Å². The van der Waals surface area contributed by atoms with Gasteiger partial charge >= 0.3 is 0 Å². The summed E-state index contributed by atoms with van der Waals surface area (Å²) in [6.07, 6.45) is 6.06. The van der Waals surface area contributed by atoms with Gasteiger partial charge in [-0.2, -0.15) is 0 Å². The molecule has 118 valence electrons. The van der Waals surface area contributed by atoms with Crippen molar-refractivity contribution < 1.29 is 4.74 Å². The number of hydrogen-bond acceptors (Lipinski definition) is 2. The van der Waals surface area contributed by atoms with Crippen LogP contribution < -0.4 is 0 Å². The highest BCUT2D eigenvalue weighted by molar-refractivity contribution is 6.06. The van der Waals surface area contributed by atoms with Crippen molar-refractivity contribution in [3.05, 3.63) is 77.7 Å². The number of methoxy groups -OCH3 is 1. The maximum atomic E-state index is 5.23. The van der Waals surface area contributed by atoms with Crippen LogP contribution in [0, 0.1) is 0 Å². The van der Waals surface area contributed by atoms with Crippen molar-refractivity contribution in [1.82, 2.24) is 9.97 Å². The maximum absolute atomic E-state index is 5.23. The van der Waals surface area contributed by atoms with E-state index in [-0.39, 0.29) is 0 Å². The molecule has 3 heteroatoms. The van der Waals surface area contributed by atoms with E-state index in [1.165, 1.54) is 16.3 Å². The van der Waals surface area contributed by atoms with Crippen molar-refractivity contribution in [3.8, 4) is 0 Å². The fraction of sp³-hybridized carbons (Fsp3) is 0.0952. The molecule has 24 heavy (non-hydrogen) atoms. The van der Waals surface area contributed by atoms with E-state index < -0.39 is 0 Å². The second-order valence-corrected chi connectivity index (χ2v) is 5.83. The van der Waals surface area contributed by atoms with Crippen molar-refractivity contribution in [2.24, 2.45) is 0 Å². The number of H-pyrrole nitrogens is 1. The number of hydrogen-bond donors (Lipinski definition) is 1. The number of rotatable bonds is 4. The van der Waals surface area contributed by atoms with Gasteiger partial charge in [-0.1, -0.05) is 48.5 Å². The normalized spacial score (nSPS) is 11.7. The van der Waals surface area contributed by atoms with Gasteiger partial charge in [0, 0.05) is 35.2 Å². The van der Waals surface area contributed by atoms with Gasteiger partial charge in [-0.05, 0) is 23.8 Å². The standard InChI is InChI=1S/C21H18N2O/c1-24-14-19-11-16-8-9-17-13-22-18(12-20(17)21(16)23-19)10-7-15-5-3-2-4-6-15/h2-13,23H,14H2,1H3/b10-7+. The number of nitrogens with zero attached hydrogens (tertiary/aromatic N) is 1. The van der Waals surface area contributed by atoms with Crippen LogP contribution in [0.5, 0.6) is 0 Å². The summed E-state index contributed by atoms with van der Waals surface area (Å²) in [6, 6.07) is 18.7. The first-order chi connectivity index (χ1) is 11.8. The van der Waals surface area contributed by atoms with E-state index in [2.05, 4.69) is 52.4 Å². The van der Waals surface area contributed by atoms with Crippen molar-refractivity contribution in [2.45, 2.75) is 6.61 Å². The third kappa shape index (κ3) is 2.82. The number of fused-ring (bicyclic) bond motifs is 3. The molecule has 4 aromatic rings. The van der Waals surface area contributed by atoms with Crippen molar-refractivity contribution >= 4 is 33.8 Å². The van der Waals surface area contributed by atoms with Crippen LogP contribution in [0.2, 0.25) is 0 Å². The Morgan fingerprint density at radius 2 is 1.83 bits per heavy atom. The molecule has 0 unspecified atom stereocenters. The fourth-order valence-electron chi connectivity index (χ4n) is 2.96. The summed E-state index contributed by atoms with van der Waals surface area (Å²) in [5.41, 5.74) is 4.33. The number of benzene rings is 2. The molecule has 0 atom stereocenters. The molecule has 0 bridgehead atoms. The predicted molar refractivity (Wildman–Crippen MR) is 99.7 cm³/mol. The van der Waals surface area contributed by atoms with Gasteiger partial charge < -0.3 is 9.72 Å². The highest BCUT2D eigenvalue weighted by Crippen LogP contribution is 2.26. The molecule has 0 saturated carbocycles. The summed E-state index contributed by atoms with van der Waals surface area (Å²) in [5, 5.41) is 3.50. The van der Waals surface area contributed by atoms with E-state index in [1.807, 2.05) is 30.5 Å². The molecule has 0 spiro atoms. The highest BCUT2D eigenvalue weighted by atomic mass is 16.5. The van der Waals surface area contributed by atoms with Crippen molar-refractivity contribution in [3.63, 3.8) is 0 Å². The first-order valence-electron chi connectivity index (χ1n) is 7.96. The molecule has 0 amide bonds. The SMILES string of the molecule is COCc1cc2ccc3cnc(/C=C/c4ccccc4)cc3c2[nH]1. The zero-order valence-corrected chi connectivity index (χ0v) is 13.5. The third-order valence-corrected chi connectivity index (χ3v) is 4.12. The van der Waals surface area contributed by atoms with Gasteiger partial charge in [0.25, 0.3) is 0 Å². The molecule has 2 aromatic heterocycles. The quantitative estimate of drug-likeness (QED) is 0.573. The van der Waals surface area contributed by atoms with E-state index in [9.17, 15) is 0 Å². The number of nitrogens with one attached hydrogen (secondary N) is 1. The largest absolute Gasteiger partial charge is 0.378 e. The summed E-state index contributed by atoms with van der Waals surface area (Å²) in [7, 11) is 1.71. The highest BCUT2D eigenvalue weighted by Gasteiger charge is 2.06. The molecular weight excluding hydrogens is 296 g/mol. The van der Waals surface area contributed by atoms with E-state index in [0.29, 0.717) is 6.61 Å². The summed E-state index contributed by atoms with van der Waals surface area (Å²) in [5.74, 6) is 0. The Kier molecular flexibility index (Phi) is 3.85. The molecule has 2 heterocycles. The molecule has 0 aliphatic heterocycles. The average molecular weight is 314 g/mol. The van der Waals surface area contributed by atoms with Gasteiger partial charge in [0.15, 0.2) is 0 Å². The number of pyridine rings is 1. The third-order valence-electron chi connectivity index (χ3n) is 4.12. The van der Waals surface area contributed by atoms with Crippen LogP contribution in [0.4, 0.5) is 0 Å². The smallest absolute Gasteiger partial charge is 0.0862 e. The lowest BCUT2D eigenvalue weighted by Crippen LogP contribution is -1.86. The Morgan fingerprint density at radius 3 is 2.67 bits per heavy atom. The first kappa shape index (κ1) is 14.7. The average Bonchev–Trinajstić information content (AvgIpc) is 3.04. The molecule has 4 rings (SSSR count). The van der Waals surface area contributed by atoms with E-state index in [1.54, 1.807) is 7.11 Å². The van der Waals surface area contributed by atoms with Gasteiger partial charge in [0.2, 0.25) is 0 Å². The van der Waals surface area contributed by atoms with Gasteiger partial charge in [-0.15, -0.1) is 0 Å². The summed E-state index contributed by atoms with van der Waals surface area (Å²) in [6.45, 7) is 0.585. The van der Waals surface area contributed by atoms with Crippen LogP contribution >= 0.6 is 0 Å². The summed E-state index contributed by atoms with van der Waals surface area (Å²) in [4.78, 5) is 8.01. The second-order valence-electron chi connectivity index (χ2n) is 5.83. The van der Waals surface area contributed by atoms with Gasteiger partial charge in [-0.25, -0.2) is 0 Å². The molecule has 0 fully saturated rings. The van der Waals surface area contributed by atoms with Gasteiger partial charge in [0.1, 0.15) is 0 Å². The minimum absolute atomic E-state index is 0.585. The van der Waals surface area contributed by atoms with Gasteiger partial charge in [0.05, 0.1) is 17.8 Å². The van der Waals surface area contributed by atoms with Crippen LogP contribution in [-0.2, 0) is 11.3 Å². The first-order valence-corrected chi connectivity index (χ1v) is 7.96. The second kappa shape index (κ2) is 6.30.